The van der Waals surface area contributed by atoms with Gasteiger partial charge >= 0.3 is 11.9 Å². The van der Waals surface area contributed by atoms with Crippen LogP contribution in [0.4, 0.5) is 0 Å². The number of hydrogen-bond acceptors (Lipinski definition) is 5. The van der Waals surface area contributed by atoms with Crippen LogP contribution in [0.25, 0.3) is 0 Å². The van der Waals surface area contributed by atoms with E-state index in [1.165, 1.54) is 14.0 Å². The molecule has 0 fully saturated rings. The third-order valence-electron chi connectivity index (χ3n) is 2.13. The van der Waals surface area contributed by atoms with Crippen LogP contribution in [0, 0.1) is 0 Å². The number of amides is 1. The Morgan fingerprint density at radius 1 is 1.26 bits per heavy atom. The van der Waals surface area contributed by atoms with Crippen LogP contribution in [0.1, 0.15) is 34.1 Å². The maximum Gasteiger partial charge on any atom is 0.326 e. The summed E-state index contributed by atoms with van der Waals surface area (Å²) in [7, 11) is 1.33. The first kappa shape index (κ1) is 17.4. The van der Waals surface area contributed by atoms with E-state index >= 15 is 0 Å². The molecule has 2 N–H and O–H groups in total. The van der Waals surface area contributed by atoms with Crippen molar-refractivity contribution >= 4 is 17.8 Å². The van der Waals surface area contributed by atoms with Crippen molar-refractivity contribution in [1.82, 2.24) is 5.32 Å². The highest BCUT2D eigenvalue weighted by Crippen LogP contribution is 2.09. The lowest BCUT2D eigenvalue weighted by Crippen LogP contribution is -2.46. The molecule has 1 amide bonds. The van der Waals surface area contributed by atoms with Gasteiger partial charge in [-0.3, -0.25) is 9.59 Å². The molecule has 0 spiro atoms. The van der Waals surface area contributed by atoms with E-state index < -0.39 is 42.0 Å². The molecule has 0 aliphatic heterocycles. The van der Waals surface area contributed by atoms with Gasteiger partial charge < -0.3 is 19.9 Å². The van der Waals surface area contributed by atoms with Crippen LogP contribution in [0.2, 0.25) is 0 Å². The summed E-state index contributed by atoms with van der Waals surface area (Å²) >= 11 is 0. The van der Waals surface area contributed by atoms with Crippen molar-refractivity contribution in [2.75, 3.05) is 7.11 Å². The fraction of sp³-hybridized carbons (Fsp3) is 0.750. The van der Waals surface area contributed by atoms with E-state index in [-0.39, 0.29) is 0 Å². The topological polar surface area (TPSA) is 102 Å². The zero-order valence-electron chi connectivity index (χ0n) is 11.9. The highest BCUT2D eigenvalue weighted by atomic mass is 16.6. The van der Waals surface area contributed by atoms with E-state index in [9.17, 15) is 14.4 Å². The zero-order chi connectivity index (χ0) is 15.2. The Morgan fingerprint density at radius 2 is 1.79 bits per heavy atom. The molecule has 110 valence electrons. The maximum atomic E-state index is 11.5. The largest absolute Gasteiger partial charge is 0.480 e. The molecule has 0 saturated carbocycles. The second kappa shape index (κ2) is 7.08. The Hall–Kier alpha value is -1.63. The van der Waals surface area contributed by atoms with Gasteiger partial charge in [-0.2, -0.15) is 0 Å². The first-order chi connectivity index (χ1) is 8.56. The number of esters is 1. The summed E-state index contributed by atoms with van der Waals surface area (Å²) in [5.74, 6) is -2.59. The highest BCUT2D eigenvalue weighted by molar-refractivity contribution is 5.88. The Labute approximate surface area is 112 Å². The summed E-state index contributed by atoms with van der Waals surface area (Å²) in [5.41, 5.74) is -0.704. The third kappa shape index (κ3) is 7.40. The SMILES string of the molecule is COC(C)C(=O)N[C@@H](CC(=O)OC(C)(C)C)C(=O)O. The van der Waals surface area contributed by atoms with Gasteiger partial charge in [0.1, 0.15) is 17.7 Å². The van der Waals surface area contributed by atoms with Gasteiger partial charge in [0, 0.05) is 7.11 Å². The van der Waals surface area contributed by atoms with Crippen molar-refractivity contribution in [3.05, 3.63) is 0 Å². The van der Waals surface area contributed by atoms with Gasteiger partial charge in [0.05, 0.1) is 6.42 Å². The number of carboxylic acids is 1. The lowest BCUT2D eigenvalue weighted by Gasteiger charge is -2.21. The molecule has 0 aliphatic carbocycles. The number of rotatable bonds is 6. The monoisotopic (exact) mass is 275 g/mol. The van der Waals surface area contributed by atoms with Crippen LogP contribution >= 0.6 is 0 Å². The summed E-state index contributed by atoms with van der Waals surface area (Å²) in [6.07, 6.45) is -1.23. The number of ether oxygens (including phenoxy) is 2. The summed E-state index contributed by atoms with van der Waals surface area (Å²) in [6.45, 7) is 6.49. The number of methoxy groups -OCH3 is 1. The molecule has 0 rings (SSSR count). The molecule has 0 aliphatic rings. The maximum absolute atomic E-state index is 11.5. The van der Waals surface area contributed by atoms with Crippen molar-refractivity contribution in [1.29, 1.82) is 0 Å². The van der Waals surface area contributed by atoms with Crippen molar-refractivity contribution in [2.24, 2.45) is 0 Å². The minimum Gasteiger partial charge on any atom is -0.480 e. The summed E-state index contributed by atoms with van der Waals surface area (Å²) in [4.78, 5) is 34.0. The Kier molecular flexibility index (Phi) is 6.47. The number of nitrogens with one attached hydrogen (secondary N) is 1. The van der Waals surface area contributed by atoms with Crippen LogP contribution in [0.15, 0.2) is 0 Å². The van der Waals surface area contributed by atoms with E-state index in [1.807, 2.05) is 0 Å². The number of carbonyl (C=O) groups excluding carboxylic acids is 2. The Morgan fingerprint density at radius 3 is 2.16 bits per heavy atom. The molecular formula is C12H21NO6. The average Bonchev–Trinajstić information content (AvgIpc) is 2.24. The Bertz CT molecular complexity index is 347. The normalized spacial score (nSPS) is 14.4. The van der Waals surface area contributed by atoms with Crippen molar-refractivity contribution < 1.29 is 29.0 Å². The summed E-state index contributed by atoms with van der Waals surface area (Å²) < 4.78 is 9.76. The van der Waals surface area contributed by atoms with Gasteiger partial charge in [-0.15, -0.1) is 0 Å². The molecule has 0 radical (unpaired) electrons. The minimum atomic E-state index is -1.33. The third-order valence-corrected chi connectivity index (χ3v) is 2.13. The van der Waals surface area contributed by atoms with E-state index in [2.05, 4.69) is 5.32 Å². The molecule has 7 heteroatoms. The van der Waals surface area contributed by atoms with Crippen molar-refractivity contribution in [3.8, 4) is 0 Å². The second-order valence-corrected chi connectivity index (χ2v) is 5.07. The van der Waals surface area contributed by atoms with E-state index in [0.717, 1.165) is 0 Å². The Balaban J connectivity index is 4.55. The van der Waals surface area contributed by atoms with Crippen molar-refractivity contribution in [2.45, 2.75) is 51.9 Å². The van der Waals surface area contributed by atoms with Crippen LogP contribution in [0.3, 0.4) is 0 Å². The summed E-state index contributed by atoms with van der Waals surface area (Å²) in [5, 5.41) is 11.2. The number of hydrogen-bond donors (Lipinski definition) is 2. The number of aliphatic carboxylic acids is 1. The van der Waals surface area contributed by atoms with Gasteiger partial charge in [-0.05, 0) is 27.7 Å². The van der Waals surface area contributed by atoms with E-state index in [4.69, 9.17) is 14.6 Å². The molecule has 19 heavy (non-hydrogen) atoms. The molecule has 0 aromatic carbocycles. The smallest absolute Gasteiger partial charge is 0.326 e. The standard InChI is InChI=1S/C12H21NO6/c1-7(18-5)10(15)13-8(11(16)17)6-9(14)19-12(2,3)4/h7-8H,6H2,1-5H3,(H,13,15)(H,16,17)/t7?,8-/m0/s1. The molecule has 0 heterocycles. The van der Waals surface area contributed by atoms with E-state index in [0.29, 0.717) is 0 Å². The van der Waals surface area contributed by atoms with Gasteiger partial charge in [-0.1, -0.05) is 0 Å². The average molecular weight is 275 g/mol. The lowest BCUT2D eigenvalue weighted by molar-refractivity contribution is -0.158. The van der Waals surface area contributed by atoms with Crippen LogP contribution in [-0.2, 0) is 23.9 Å². The van der Waals surface area contributed by atoms with Gasteiger partial charge in [-0.25, -0.2) is 4.79 Å². The molecule has 7 nitrogen and oxygen atoms in total. The molecule has 2 atom stereocenters. The zero-order valence-corrected chi connectivity index (χ0v) is 11.9. The fourth-order valence-corrected chi connectivity index (χ4v) is 1.15. The van der Waals surface area contributed by atoms with Gasteiger partial charge in [0.15, 0.2) is 0 Å². The van der Waals surface area contributed by atoms with E-state index in [1.54, 1.807) is 20.8 Å². The second-order valence-electron chi connectivity index (χ2n) is 5.07. The molecule has 0 aromatic heterocycles. The minimum absolute atomic E-state index is 0.436. The van der Waals surface area contributed by atoms with Gasteiger partial charge in [0.25, 0.3) is 0 Å². The molecule has 0 bridgehead atoms. The predicted molar refractivity (Wildman–Crippen MR) is 66.5 cm³/mol. The number of carbonyl (C=O) groups is 3. The predicted octanol–water partition coefficient (Wildman–Crippen LogP) is 0.322. The molecule has 1 unspecified atom stereocenters. The number of carboxylic acid groups (broad SMARTS) is 1. The van der Waals surface area contributed by atoms with Crippen LogP contribution in [0.5, 0.6) is 0 Å². The van der Waals surface area contributed by atoms with Gasteiger partial charge in [0.2, 0.25) is 5.91 Å². The first-order valence-electron chi connectivity index (χ1n) is 5.84. The van der Waals surface area contributed by atoms with Crippen molar-refractivity contribution in [3.63, 3.8) is 0 Å². The fourth-order valence-electron chi connectivity index (χ4n) is 1.15. The molecule has 0 saturated heterocycles. The van der Waals surface area contributed by atoms with Crippen LogP contribution in [-0.4, -0.2) is 47.8 Å². The van der Waals surface area contributed by atoms with Crippen LogP contribution < -0.4 is 5.32 Å². The highest BCUT2D eigenvalue weighted by Gasteiger charge is 2.27. The molecule has 0 aromatic rings. The quantitative estimate of drug-likeness (QED) is 0.677. The molecular weight excluding hydrogens is 254 g/mol. The lowest BCUT2D eigenvalue weighted by atomic mass is 10.1. The summed E-state index contributed by atoms with van der Waals surface area (Å²) in [6, 6.07) is -1.33. The first-order valence-corrected chi connectivity index (χ1v) is 5.84.